The number of nitrogens with one attached hydrogen (secondary N) is 1. The Hall–Kier alpha value is -3.65. The lowest BCUT2D eigenvalue weighted by atomic mass is 9.95. The van der Waals surface area contributed by atoms with Gasteiger partial charge in [0, 0.05) is 12.6 Å². The van der Waals surface area contributed by atoms with Gasteiger partial charge in [-0.1, -0.05) is 73.4 Å². The molecule has 224 valence electrons. The van der Waals surface area contributed by atoms with Crippen LogP contribution >= 0.6 is 0 Å². The second kappa shape index (κ2) is 13.6. The van der Waals surface area contributed by atoms with Gasteiger partial charge < -0.3 is 10.2 Å². The van der Waals surface area contributed by atoms with E-state index in [4.69, 9.17) is 0 Å². The second-order valence-electron chi connectivity index (χ2n) is 11.6. The van der Waals surface area contributed by atoms with Crippen molar-refractivity contribution in [1.82, 2.24) is 10.2 Å². The Balaban J connectivity index is 1.72. The Bertz CT molecular complexity index is 1510. The number of nitrogens with zero attached hydrogens (tertiary/aromatic N) is 2. The van der Waals surface area contributed by atoms with Gasteiger partial charge in [0.05, 0.1) is 10.6 Å². The van der Waals surface area contributed by atoms with Crippen molar-refractivity contribution in [2.24, 2.45) is 0 Å². The predicted molar refractivity (Wildman–Crippen MR) is 168 cm³/mol. The van der Waals surface area contributed by atoms with Gasteiger partial charge >= 0.3 is 0 Å². The lowest BCUT2D eigenvalue weighted by Crippen LogP contribution is -2.53. The van der Waals surface area contributed by atoms with Crippen molar-refractivity contribution in [3.8, 4) is 0 Å². The SMILES string of the molecule is Cc1ccc(S(=O)(=O)N(CC(=O)N(Cc2ccccc2C)[C@H](C)C(=O)NC2CCCCC2)c2cc(C)ccc2C)cc1. The molecule has 1 aliphatic carbocycles. The van der Waals surface area contributed by atoms with Gasteiger partial charge in [0.2, 0.25) is 11.8 Å². The summed E-state index contributed by atoms with van der Waals surface area (Å²) >= 11 is 0. The molecule has 1 fully saturated rings. The number of sulfonamides is 1. The third-order valence-electron chi connectivity index (χ3n) is 8.24. The summed E-state index contributed by atoms with van der Waals surface area (Å²) in [5.41, 5.74) is 4.89. The van der Waals surface area contributed by atoms with Crippen molar-refractivity contribution in [2.45, 2.75) is 90.2 Å². The Morgan fingerprint density at radius 1 is 0.857 bits per heavy atom. The fourth-order valence-electron chi connectivity index (χ4n) is 5.46. The highest BCUT2D eigenvalue weighted by atomic mass is 32.2. The molecule has 0 aliphatic heterocycles. The molecule has 7 nitrogen and oxygen atoms in total. The lowest BCUT2D eigenvalue weighted by molar-refractivity contribution is -0.139. The van der Waals surface area contributed by atoms with Crippen molar-refractivity contribution >= 4 is 27.5 Å². The zero-order valence-electron chi connectivity index (χ0n) is 25.4. The Kier molecular flexibility index (Phi) is 10.1. The van der Waals surface area contributed by atoms with Crippen LogP contribution in [-0.2, 0) is 26.2 Å². The van der Waals surface area contributed by atoms with E-state index in [1.165, 1.54) is 15.6 Å². The van der Waals surface area contributed by atoms with Crippen molar-refractivity contribution < 1.29 is 18.0 Å². The van der Waals surface area contributed by atoms with Gasteiger partial charge in [0.15, 0.2) is 0 Å². The first-order valence-electron chi connectivity index (χ1n) is 14.8. The number of carbonyl (C=O) groups excluding carboxylic acids is 2. The molecular weight excluding hydrogens is 546 g/mol. The summed E-state index contributed by atoms with van der Waals surface area (Å²) in [5.74, 6) is -0.662. The number of anilines is 1. The van der Waals surface area contributed by atoms with E-state index in [-0.39, 0.29) is 23.4 Å². The van der Waals surface area contributed by atoms with E-state index in [1.807, 2.05) is 64.1 Å². The van der Waals surface area contributed by atoms with Gasteiger partial charge in [-0.2, -0.15) is 0 Å². The molecule has 0 spiro atoms. The van der Waals surface area contributed by atoms with Gasteiger partial charge in [-0.05, 0) is 87.9 Å². The molecule has 0 unspecified atom stereocenters. The molecule has 1 aliphatic rings. The van der Waals surface area contributed by atoms with E-state index >= 15 is 0 Å². The topological polar surface area (TPSA) is 86.8 Å². The van der Waals surface area contributed by atoms with Crippen molar-refractivity contribution in [1.29, 1.82) is 0 Å². The van der Waals surface area contributed by atoms with E-state index in [9.17, 15) is 18.0 Å². The molecule has 2 amide bonds. The van der Waals surface area contributed by atoms with Crippen LogP contribution in [0.15, 0.2) is 71.6 Å². The zero-order chi connectivity index (χ0) is 30.4. The Morgan fingerprint density at radius 3 is 2.17 bits per heavy atom. The average Bonchev–Trinajstić information content (AvgIpc) is 2.97. The molecule has 8 heteroatoms. The number of aryl methyl sites for hydroxylation is 4. The van der Waals surface area contributed by atoms with Crippen molar-refractivity contribution in [3.63, 3.8) is 0 Å². The van der Waals surface area contributed by atoms with Crippen LogP contribution in [0.2, 0.25) is 0 Å². The molecule has 3 aromatic rings. The zero-order valence-corrected chi connectivity index (χ0v) is 26.2. The third-order valence-corrected chi connectivity index (χ3v) is 10.0. The van der Waals surface area contributed by atoms with Crippen LogP contribution < -0.4 is 9.62 Å². The normalized spacial score (nSPS) is 14.7. The van der Waals surface area contributed by atoms with Gasteiger partial charge in [-0.3, -0.25) is 13.9 Å². The van der Waals surface area contributed by atoms with Crippen LogP contribution in [0, 0.1) is 27.7 Å². The maximum Gasteiger partial charge on any atom is 0.264 e. The standard InChI is InChI=1S/C34H43N3O4S/c1-24-16-19-31(20-17-24)42(40,41)37(32-21-25(2)15-18-27(32)4)23-33(38)36(22-29-12-10-9-11-26(29)3)28(5)34(39)35-30-13-7-6-8-14-30/h9-12,15-21,28,30H,6-8,13-14,22-23H2,1-5H3,(H,35,39)/t28-/m1/s1. The smallest absolute Gasteiger partial charge is 0.264 e. The molecule has 0 heterocycles. The lowest BCUT2D eigenvalue weighted by Gasteiger charge is -2.34. The summed E-state index contributed by atoms with van der Waals surface area (Å²) in [7, 11) is -4.10. The molecule has 1 atom stereocenters. The highest BCUT2D eigenvalue weighted by Crippen LogP contribution is 2.29. The summed E-state index contributed by atoms with van der Waals surface area (Å²) in [6, 6.07) is 19.2. The van der Waals surface area contributed by atoms with Crippen LogP contribution in [0.5, 0.6) is 0 Å². The molecule has 0 saturated heterocycles. The fraction of sp³-hybridized carbons (Fsp3) is 0.412. The Labute approximate surface area is 251 Å². The molecule has 3 aromatic carbocycles. The molecule has 0 bridgehead atoms. The van der Waals surface area contributed by atoms with Crippen molar-refractivity contribution in [2.75, 3.05) is 10.8 Å². The fourth-order valence-corrected chi connectivity index (χ4v) is 6.93. The first kappa shape index (κ1) is 31.3. The molecular formula is C34H43N3O4S. The second-order valence-corrected chi connectivity index (χ2v) is 13.4. The first-order chi connectivity index (χ1) is 20.0. The summed E-state index contributed by atoms with van der Waals surface area (Å²) in [6.45, 7) is 9.07. The molecule has 42 heavy (non-hydrogen) atoms. The third kappa shape index (κ3) is 7.40. The van der Waals surface area contributed by atoms with Crippen LogP contribution in [0.4, 0.5) is 5.69 Å². The van der Waals surface area contributed by atoms with Crippen LogP contribution in [0.1, 0.15) is 66.8 Å². The maximum absolute atomic E-state index is 14.2. The molecule has 4 rings (SSSR count). The van der Waals surface area contributed by atoms with Gasteiger partial charge in [0.1, 0.15) is 12.6 Å². The number of hydrogen-bond acceptors (Lipinski definition) is 4. The number of benzene rings is 3. The predicted octanol–water partition coefficient (Wildman–Crippen LogP) is 5.98. The summed E-state index contributed by atoms with van der Waals surface area (Å²) in [6.07, 6.45) is 5.18. The summed E-state index contributed by atoms with van der Waals surface area (Å²) in [5, 5.41) is 3.15. The van der Waals surface area contributed by atoms with E-state index in [2.05, 4.69) is 5.32 Å². The minimum absolute atomic E-state index is 0.0949. The molecule has 1 N–H and O–H groups in total. The van der Waals surface area contributed by atoms with E-state index < -0.39 is 28.5 Å². The average molecular weight is 590 g/mol. The number of amides is 2. The quantitative estimate of drug-likeness (QED) is 0.315. The Morgan fingerprint density at radius 2 is 1.50 bits per heavy atom. The summed E-state index contributed by atoms with van der Waals surface area (Å²) < 4.78 is 29.4. The monoisotopic (exact) mass is 589 g/mol. The van der Waals surface area contributed by atoms with Crippen molar-refractivity contribution in [3.05, 3.63) is 94.5 Å². The molecule has 0 aromatic heterocycles. The minimum atomic E-state index is -4.10. The largest absolute Gasteiger partial charge is 0.352 e. The van der Waals surface area contributed by atoms with Gasteiger partial charge in [-0.25, -0.2) is 8.42 Å². The van der Waals surface area contributed by atoms with Gasteiger partial charge in [0.25, 0.3) is 10.0 Å². The van der Waals surface area contributed by atoms with E-state index in [0.717, 1.165) is 53.5 Å². The van der Waals surface area contributed by atoms with Crippen LogP contribution in [0.3, 0.4) is 0 Å². The van der Waals surface area contributed by atoms with Crippen LogP contribution in [0.25, 0.3) is 0 Å². The van der Waals surface area contributed by atoms with Crippen LogP contribution in [-0.4, -0.2) is 43.8 Å². The highest BCUT2D eigenvalue weighted by molar-refractivity contribution is 7.92. The number of carbonyl (C=O) groups is 2. The minimum Gasteiger partial charge on any atom is -0.352 e. The highest BCUT2D eigenvalue weighted by Gasteiger charge is 2.34. The van der Waals surface area contributed by atoms with Gasteiger partial charge in [-0.15, -0.1) is 0 Å². The summed E-state index contributed by atoms with van der Waals surface area (Å²) in [4.78, 5) is 29.4. The maximum atomic E-state index is 14.2. The molecule has 1 saturated carbocycles. The van der Waals surface area contributed by atoms with E-state index in [1.54, 1.807) is 37.3 Å². The number of rotatable bonds is 10. The van der Waals surface area contributed by atoms with E-state index in [0.29, 0.717) is 5.69 Å². The molecule has 0 radical (unpaired) electrons. The first-order valence-corrected chi connectivity index (χ1v) is 16.2. The number of hydrogen-bond donors (Lipinski definition) is 1.